The maximum Gasteiger partial charge on any atom is 0.313 e. The second-order valence-corrected chi connectivity index (χ2v) is 6.60. The van der Waals surface area contributed by atoms with Crippen molar-refractivity contribution < 1.29 is 29.2 Å². The van der Waals surface area contributed by atoms with Crippen LogP contribution in [0.25, 0.3) is 0 Å². The third-order valence-corrected chi connectivity index (χ3v) is 4.86. The van der Waals surface area contributed by atoms with E-state index in [1.807, 2.05) is 25.2 Å². The van der Waals surface area contributed by atoms with Gasteiger partial charge >= 0.3 is 6.48 Å². The first-order valence-corrected chi connectivity index (χ1v) is 9.36. The van der Waals surface area contributed by atoms with Gasteiger partial charge in [0, 0.05) is 14.2 Å². The van der Waals surface area contributed by atoms with E-state index in [1.54, 1.807) is 6.08 Å². The lowest BCUT2D eigenvalue weighted by atomic mass is 9.67. The molecule has 2 atom stereocenters. The Morgan fingerprint density at radius 1 is 1.04 bits per heavy atom. The standard InChI is InChI=1S/C21H34O6/c1-5-18(27-20(23)25-4)12-9-15-21(13-7-6-8-14-21)17(2)11-10-16-26-19(22)24-3/h5,9-12,19-20,22-23H,2,6-8,13-16H2,1,3-4H3/b11-10-,12-9-,18-5+. The molecule has 27 heavy (non-hydrogen) atoms. The molecule has 2 unspecified atom stereocenters. The molecule has 0 aromatic rings. The number of methoxy groups -OCH3 is 2. The quantitative estimate of drug-likeness (QED) is 0.304. The Balaban J connectivity index is 2.71. The number of hydrogen-bond donors (Lipinski definition) is 2. The van der Waals surface area contributed by atoms with Gasteiger partial charge in [0.05, 0.1) is 6.61 Å². The summed E-state index contributed by atoms with van der Waals surface area (Å²) >= 11 is 0. The van der Waals surface area contributed by atoms with Gasteiger partial charge in [0.25, 0.3) is 6.48 Å². The van der Waals surface area contributed by atoms with Crippen molar-refractivity contribution in [2.24, 2.45) is 5.41 Å². The van der Waals surface area contributed by atoms with E-state index in [-0.39, 0.29) is 12.0 Å². The third-order valence-electron chi connectivity index (χ3n) is 4.86. The Morgan fingerprint density at radius 2 is 1.70 bits per heavy atom. The number of aliphatic hydroxyl groups is 2. The van der Waals surface area contributed by atoms with E-state index in [2.05, 4.69) is 17.4 Å². The van der Waals surface area contributed by atoms with Crippen LogP contribution in [-0.4, -0.2) is 44.0 Å². The van der Waals surface area contributed by atoms with Crippen molar-refractivity contribution in [2.75, 3.05) is 20.8 Å². The van der Waals surface area contributed by atoms with Gasteiger partial charge in [0.1, 0.15) is 5.76 Å². The summed E-state index contributed by atoms with van der Waals surface area (Å²) in [4.78, 5) is 0. The summed E-state index contributed by atoms with van der Waals surface area (Å²) < 4.78 is 19.7. The topological polar surface area (TPSA) is 77.4 Å². The molecule has 1 aliphatic rings. The molecule has 2 N–H and O–H groups in total. The molecule has 0 aliphatic heterocycles. The van der Waals surface area contributed by atoms with Crippen molar-refractivity contribution in [3.05, 3.63) is 48.3 Å². The number of allylic oxidation sites excluding steroid dienone is 5. The molecule has 1 aliphatic carbocycles. The minimum absolute atomic E-state index is 0.00382. The van der Waals surface area contributed by atoms with Crippen molar-refractivity contribution in [3.63, 3.8) is 0 Å². The SMILES string of the molecule is C=C(/C=C\COC(O)OC)C1(C/C=C\C(=C/C)OC(O)OC)CCCCC1. The molecule has 1 saturated carbocycles. The monoisotopic (exact) mass is 382 g/mol. The summed E-state index contributed by atoms with van der Waals surface area (Å²) in [7, 11) is 2.76. The van der Waals surface area contributed by atoms with Crippen molar-refractivity contribution in [1.82, 2.24) is 0 Å². The molecule has 0 bridgehead atoms. The zero-order valence-corrected chi connectivity index (χ0v) is 16.7. The van der Waals surface area contributed by atoms with E-state index < -0.39 is 13.0 Å². The smallest absolute Gasteiger partial charge is 0.313 e. The molecule has 0 amide bonds. The van der Waals surface area contributed by atoms with Crippen LogP contribution in [-0.2, 0) is 18.9 Å². The molecule has 154 valence electrons. The summed E-state index contributed by atoms with van der Waals surface area (Å²) in [6, 6.07) is 0. The Hall–Kier alpha value is -1.44. The lowest BCUT2D eigenvalue weighted by Gasteiger charge is -2.37. The van der Waals surface area contributed by atoms with Gasteiger partial charge in [-0.1, -0.05) is 44.1 Å². The lowest BCUT2D eigenvalue weighted by Crippen LogP contribution is -2.25. The Kier molecular flexibility index (Phi) is 11.2. The lowest BCUT2D eigenvalue weighted by molar-refractivity contribution is -0.244. The van der Waals surface area contributed by atoms with Crippen molar-refractivity contribution in [3.8, 4) is 0 Å². The van der Waals surface area contributed by atoms with Crippen molar-refractivity contribution >= 4 is 0 Å². The summed E-state index contributed by atoms with van der Waals surface area (Å²) in [5.41, 5.74) is 1.06. The van der Waals surface area contributed by atoms with Crippen LogP contribution >= 0.6 is 0 Å². The fraction of sp³-hybridized carbons (Fsp3) is 0.619. The fourth-order valence-electron chi connectivity index (χ4n) is 3.23. The number of hydrogen-bond acceptors (Lipinski definition) is 6. The van der Waals surface area contributed by atoms with Gasteiger partial charge in [-0.3, -0.25) is 0 Å². The molecular weight excluding hydrogens is 348 g/mol. The minimum Gasteiger partial charge on any atom is -0.442 e. The van der Waals surface area contributed by atoms with Gasteiger partial charge in [-0.25, -0.2) is 0 Å². The molecule has 0 heterocycles. The van der Waals surface area contributed by atoms with E-state index >= 15 is 0 Å². The first-order chi connectivity index (χ1) is 13.0. The van der Waals surface area contributed by atoms with Crippen LogP contribution in [0.5, 0.6) is 0 Å². The average molecular weight is 382 g/mol. The van der Waals surface area contributed by atoms with Gasteiger partial charge < -0.3 is 29.2 Å². The highest BCUT2D eigenvalue weighted by atomic mass is 16.8. The highest BCUT2D eigenvalue weighted by Gasteiger charge is 2.32. The second-order valence-electron chi connectivity index (χ2n) is 6.60. The zero-order valence-electron chi connectivity index (χ0n) is 16.7. The molecule has 0 aromatic carbocycles. The molecule has 1 fully saturated rings. The van der Waals surface area contributed by atoms with E-state index in [0.29, 0.717) is 5.76 Å². The van der Waals surface area contributed by atoms with Gasteiger partial charge in [0.15, 0.2) is 0 Å². The summed E-state index contributed by atoms with van der Waals surface area (Å²) in [6.07, 6.45) is 16.1. The predicted octanol–water partition coefficient (Wildman–Crippen LogP) is 3.78. The van der Waals surface area contributed by atoms with Gasteiger partial charge in [-0.05, 0) is 49.3 Å². The summed E-state index contributed by atoms with van der Waals surface area (Å²) in [5.74, 6) is 0.554. The first-order valence-electron chi connectivity index (χ1n) is 9.36. The summed E-state index contributed by atoms with van der Waals surface area (Å²) in [5, 5.41) is 18.7. The van der Waals surface area contributed by atoms with Crippen LogP contribution in [0.4, 0.5) is 0 Å². The molecule has 6 nitrogen and oxygen atoms in total. The van der Waals surface area contributed by atoms with E-state index in [1.165, 1.54) is 33.5 Å². The van der Waals surface area contributed by atoms with Gasteiger partial charge in [-0.15, -0.1) is 0 Å². The van der Waals surface area contributed by atoms with Gasteiger partial charge in [-0.2, -0.15) is 0 Å². The maximum absolute atomic E-state index is 9.44. The van der Waals surface area contributed by atoms with Crippen LogP contribution in [0.15, 0.2) is 48.3 Å². The normalized spacial score (nSPS) is 20.1. The molecule has 0 saturated heterocycles. The van der Waals surface area contributed by atoms with Crippen LogP contribution in [0.3, 0.4) is 0 Å². The summed E-state index contributed by atoms with van der Waals surface area (Å²) in [6.45, 7) is 3.90. The molecular formula is C21H34O6. The molecule has 1 rings (SSSR count). The highest BCUT2D eigenvalue weighted by Crippen LogP contribution is 2.45. The third kappa shape index (κ3) is 8.41. The minimum atomic E-state index is -1.27. The average Bonchev–Trinajstić information content (AvgIpc) is 2.70. The molecule has 6 heteroatoms. The van der Waals surface area contributed by atoms with Crippen LogP contribution in [0.1, 0.15) is 45.4 Å². The molecule has 0 aromatic heterocycles. The highest BCUT2D eigenvalue weighted by molar-refractivity contribution is 5.26. The Labute approximate surface area is 162 Å². The maximum atomic E-state index is 9.44. The molecule has 0 spiro atoms. The Morgan fingerprint density at radius 3 is 2.30 bits per heavy atom. The van der Waals surface area contributed by atoms with E-state index in [9.17, 15) is 10.2 Å². The van der Waals surface area contributed by atoms with Crippen LogP contribution in [0.2, 0.25) is 0 Å². The van der Waals surface area contributed by atoms with Crippen molar-refractivity contribution in [1.29, 1.82) is 0 Å². The Bertz CT molecular complexity index is 517. The predicted molar refractivity (Wildman–Crippen MR) is 104 cm³/mol. The number of ether oxygens (including phenoxy) is 4. The van der Waals surface area contributed by atoms with Crippen molar-refractivity contribution in [2.45, 2.75) is 58.4 Å². The molecule has 0 radical (unpaired) electrons. The zero-order chi connectivity index (χ0) is 20.1. The van der Waals surface area contributed by atoms with Crippen LogP contribution in [0, 0.1) is 5.41 Å². The van der Waals surface area contributed by atoms with E-state index in [0.717, 1.165) is 24.8 Å². The number of rotatable bonds is 12. The largest absolute Gasteiger partial charge is 0.442 e. The first kappa shape index (κ1) is 23.6. The fourth-order valence-corrected chi connectivity index (χ4v) is 3.23. The van der Waals surface area contributed by atoms with Crippen LogP contribution < -0.4 is 0 Å². The van der Waals surface area contributed by atoms with E-state index in [4.69, 9.17) is 14.2 Å². The number of aliphatic hydroxyl groups excluding tert-OH is 2. The van der Waals surface area contributed by atoms with Gasteiger partial charge in [0.2, 0.25) is 0 Å². The second kappa shape index (κ2) is 12.9.